The van der Waals surface area contributed by atoms with Crippen molar-refractivity contribution in [2.24, 2.45) is 0 Å². The molecule has 2 heterocycles. The molecule has 0 fully saturated rings. The van der Waals surface area contributed by atoms with Crippen LogP contribution in [0.1, 0.15) is 17.7 Å². The second-order valence-electron chi connectivity index (χ2n) is 7.17. The first-order valence-corrected chi connectivity index (χ1v) is 10.6. The Kier molecular flexibility index (Phi) is 4.87. The molecule has 2 aromatic heterocycles. The summed E-state index contributed by atoms with van der Waals surface area (Å²) in [6, 6.07) is 6.28. The van der Waals surface area contributed by atoms with Gasteiger partial charge in [-0.2, -0.15) is 4.31 Å². The summed E-state index contributed by atoms with van der Waals surface area (Å²) in [5.41, 5.74) is 2.64. The summed E-state index contributed by atoms with van der Waals surface area (Å²) in [6.07, 6.45) is 4.90. The van der Waals surface area contributed by atoms with E-state index in [2.05, 4.69) is 4.98 Å². The van der Waals surface area contributed by atoms with Gasteiger partial charge in [-0.05, 0) is 55.2 Å². The predicted molar refractivity (Wildman–Crippen MR) is 105 cm³/mol. The number of fused-ring (bicyclic) bond motifs is 3. The van der Waals surface area contributed by atoms with Gasteiger partial charge in [-0.15, -0.1) is 0 Å². The van der Waals surface area contributed by atoms with Crippen molar-refractivity contribution >= 4 is 26.9 Å². The minimum Gasteiger partial charge on any atom is -0.480 e. The maximum Gasteiger partial charge on any atom is 0.323 e. The van der Waals surface area contributed by atoms with Crippen LogP contribution in [0.4, 0.5) is 4.39 Å². The normalized spacial score (nSPS) is 16.9. The Morgan fingerprint density at radius 1 is 1.31 bits per heavy atom. The molecule has 1 aliphatic rings. The molecule has 29 heavy (non-hydrogen) atoms. The summed E-state index contributed by atoms with van der Waals surface area (Å²) >= 11 is 0. The molecule has 0 saturated heterocycles. The van der Waals surface area contributed by atoms with Crippen LogP contribution in [-0.2, 0) is 34.2 Å². The minimum absolute atomic E-state index is 0.0437. The number of benzene rings is 1. The quantitative estimate of drug-likeness (QED) is 0.688. The van der Waals surface area contributed by atoms with Crippen molar-refractivity contribution < 1.29 is 22.7 Å². The second-order valence-corrected chi connectivity index (χ2v) is 9.17. The first-order chi connectivity index (χ1) is 13.8. The summed E-state index contributed by atoms with van der Waals surface area (Å²) in [6.45, 7) is -0.149. The lowest BCUT2D eigenvalue weighted by atomic mass is 9.92. The van der Waals surface area contributed by atoms with E-state index in [1.54, 1.807) is 23.0 Å². The third-order valence-electron chi connectivity index (χ3n) is 5.54. The maximum atomic E-state index is 13.2. The molecule has 1 N–H and O–H groups in total. The smallest absolute Gasteiger partial charge is 0.323 e. The zero-order valence-corrected chi connectivity index (χ0v) is 16.6. The Balaban J connectivity index is 1.70. The number of hydrogen-bond donors (Lipinski definition) is 1. The zero-order valence-electron chi connectivity index (χ0n) is 15.7. The molecule has 0 bridgehead atoms. The number of sulfonamides is 1. The summed E-state index contributed by atoms with van der Waals surface area (Å²) in [5.74, 6) is -1.42. The van der Waals surface area contributed by atoms with E-state index in [0.29, 0.717) is 19.3 Å². The van der Waals surface area contributed by atoms with Gasteiger partial charge in [-0.3, -0.25) is 9.78 Å². The highest BCUT2D eigenvalue weighted by atomic mass is 32.2. The molecular formula is C20H20FN3O4S. The molecule has 7 nitrogen and oxygen atoms in total. The first-order valence-electron chi connectivity index (χ1n) is 9.18. The van der Waals surface area contributed by atoms with Crippen LogP contribution >= 0.6 is 0 Å². The Hall–Kier alpha value is -2.78. The molecule has 152 valence electrons. The third kappa shape index (κ3) is 3.40. The average Bonchev–Trinajstić information content (AvgIpc) is 3.00. The van der Waals surface area contributed by atoms with Gasteiger partial charge in [-0.1, -0.05) is 0 Å². The van der Waals surface area contributed by atoms with Crippen molar-refractivity contribution in [1.82, 2.24) is 13.9 Å². The molecule has 4 rings (SSSR count). The zero-order chi connectivity index (χ0) is 20.8. The fourth-order valence-corrected chi connectivity index (χ4v) is 5.45. The van der Waals surface area contributed by atoms with E-state index in [9.17, 15) is 22.7 Å². The number of carbonyl (C=O) groups is 1. The van der Waals surface area contributed by atoms with Crippen LogP contribution in [0.2, 0.25) is 0 Å². The molecule has 1 atom stereocenters. The highest BCUT2D eigenvalue weighted by Crippen LogP contribution is 2.34. The fourth-order valence-electron chi connectivity index (χ4n) is 4.07. The van der Waals surface area contributed by atoms with Crippen LogP contribution in [0.25, 0.3) is 10.9 Å². The second kappa shape index (κ2) is 7.23. The lowest BCUT2D eigenvalue weighted by Gasteiger charge is -2.31. The van der Waals surface area contributed by atoms with Crippen LogP contribution in [0.15, 0.2) is 47.6 Å². The van der Waals surface area contributed by atoms with Crippen LogP contribution in [0.5, 0.6) is 0 Å². The number of likely N-dealkylation sites (N-methyl/N-ethyl adjacent to an activating group) is 1. The molecule has 1 aromatic carbocycles. The van der Waals surface area contributed by atoms with E-state index < -0.39 is 21.8 Å². The van der Waals surface area contributed by atoms with Crippen molar-refractivity contribution in [3.63, 3.8) is 0 Å². The third-order valence-corrected chi connectivity index (χ3v) is 7.46. The molecule has 0 aliphatic heterocycles. The molecule has 1 unspecified atom stereocenters. The molecule has 1 aliphatic carbocycles. The van der Waals surface area contributed by atoms with Crippen LogP contribution in [-0.4, -0.2) is 46.4 Å². The van der Waals surface area contributed by atoms with Gasteiger partial charge >= 0.3 is 5.97 Å². The molecular weight excluding hydrogens is 397 g/mol. The summed E-state index contributed by atoms with van der Waals surface area (Å²) in [4.78, 5) is 15.5. The molecule has 0 spiro atoms. The van der Waals surface area contributed by atoms with E-state index in [0.717, 1.165) is 34.3 Å². The van der Waals surface area contributed by atoms with Crippen molar-refractivity contribution in [3.8, 4) is 0 Å². The molecule has 0 saturated carbocycles. The summed E-state index contributed by atoms with van der Waals surface area (Å²) in [7, 11) is -2.24. The Bertz CT molecular complexity index is 1190. The fraction of sp³-hybridized carbons (Fsp3) is 0.300. The number of pyridine rings is 1. The minimum atomic E-state index is -3.77. The Morgan fingerprint density at radius 2 is 2.03 bits per heavy atom. The van der Waals surface area contributed by atoms with Gasteiger partial charge in [0.25, 0.3) is 0 Å². The van der Waals surface area contributed by atoms with E-state index in [-0.39, 0.29) is 17.5 Å². The first kappa shape index (κ1) is 19.5. The number of carboxylic acids is 1. The standard InChI is InChI=1S/C20H20FN3O4S/c1-23(29(27,28)15-5-2-13(21)3-6-15)14-4-7-18-16(10-14)17-11-22-9-8-19(17)24(18)12-20(25)26/h2-3,5-6,8-9,11,14H,4,7,10,12H2,1H3,(H,25,26). The van der Waals surface area contributed by atoms with E-state index in [1.807, 2.05) is 0 Å². The van der Waals surface area contributed by atoms with Crippen LogP contribution in [0, 0.1) is 5.82 Å². The number of carboxylic acid groups (broad SMARTS) is 1. The molecule has 0 amide bonds. The molecule has 3 aromatic rings. The van der Waals surface area contributed by atoms with E-state index in [1.165, 1.54) is 23.5 Å². The summed E-state index contributed by atoms with van der Waals surface area (Å²) < 4.78 is 42.2. The Labute approximate surface area is 167 Å². The maximum absolute atomic E-state index is 13.2. The van der Waals surface area contributed by atoms with Crippen LogP contribution in [0.3, 0.4) is 0 Å². The number of aromatic nitrogens is 2. The lowest BCUT2D eigenvalue weighted by molar-refractivity contribution is -0.137. The number of aliphatic carboxylic acids is 1. The van der Waals surface area contributed by atoms with Gasteiger partial charge < -0.3 is 9.67 Å². The molecule has 9 heteroatoms. The SMILES string of the molecule is CN(C1CCc2c(c3cnccc3n2CC(=O)O)C1)S(=O)(=O)c1ccc(F)cc1. The number of halogens is 1. The van der Waals surface area contributed by atoms with Crippen molar-refractivity contribution in [2.75, 3.05) is 7.05 Å². The number of nitrogens with zero attached hydrogens (tertiary/aromatic N) is 3. The van der Waals surface area contributed by atoms with Gasteiger partial charge in [0.15, 0.2) is 0 Å². The van der Waals surface area contributed by atoms with E-state index >= 15 is 0 Å². The predicted octanol–water partition coefficient (Wildman–Crippen LogP) is 2.44. The highest BCUT2D eigenvalue weighted by Gasteiger charge is 2.33. The molecule has 0 radical (unpaired) electrons. The van der Waals surface area contributed by atoms with Crippen LogP contribution < -0.4 is 0 Å². The van der Waals surface area contributed by atoms with Gasteiger partial charge in [0.05, 0.1) is 10.4 Å². The number of hydrogen-bond acceptors (Lipinski definition) is 4. The van der Waals surface area contributed by atoms with Gasteiger partial charge in [0.2, 0.25) is 10.0 Å². The van der Waals surface area contributed by atoms with E-state index in [4.69, 9.17) is 0 Å². The van der Waals surface area contributed by atoms with Gasteiger partial charge in [0.1, 0.15) is 12.4 Å². The van der Waals surface area contributed by atoms with Crippen molar-refractivity contribution in [3.05, 3.63) is 59.8 Å². The topological polar surface area (TPSA) is 92.5 Å². The number of rotatable bonds is 5. The van der Waals surface area contributed by atoms with Crippen molar-refractivity contribution in [2.45, 2.75) is 36.7 Å². The van der Waals surface area contributed by atoms with Gasteiger partial charge in [0, 0.05) is 36.6 Å². The largest absolute Gasteiger partial charge is 0.480 e. The Morgan fingerprint density at radius 3 is 2.72 bits per heavy atom. The average molecular weight is 417 g/mol. The monoisotopic (exact) mass is 417 g/mol. The summed E-state index contributed by atoms with van der Waals surface area (Å²) in [5, 5.41) is 10.1. The van der Waals surface area contributed by atoms with Crippen molar-refractivity contribution in [1.29, 1.82) is 0 Å². The highest BCUT2D eigenvalue weighted by molar-refractivity contribution is 7.89. The lowest BCUT2D eigenvalue weighted by Crippen LogP contribution is -2.40. The van der Waals surface area contributed by atoms with Gasteiger partial charge in [-0.25, -0.2) is 12.8 Å².